The molecule has 1 aromatic heterocycles. The largest absolute Gasteiger partial charge is 0.480 e. The van der Waals surface area contributed by atoms with E-state index < -0.39 is 0 Å². The first-order valence-corrected chi connectivity index (χ1v) is 8.03. The fourth-order valence-electron chi connectivity index (χ4n) is 2.62. The standard InChI is InChI=1S/C16H25N3O3/c1-3-4-5-14(20)18-12-6-8-13(9-7-12)22-16-11-17-10-15(19-16)21-2/h10-13H,3-9H2,1-2H3,(H,18,20). The first-order valence-electron chi connectivity index (χ1n) is 8.03. The third-order valence-corrected chi connectivity index (χ3v) is 3.88. The predicted molar refractivity (Wildman–Crippen MR) is 82.9 cm³/mol. The van der Waals surface area contributed by atoms with E-state index in [-0.39, 0.29) is 18.1 Å². The van der Waals surface area contributed by atoms with Gasteiger partial charge in [0.1, 0.15) is 6.10 Å². The van der Waals surface area contributed by atoms with Crippen molar-refractivity contribution < 1.29 is 14.3 Å². The van der Waals surface area contributed by atoms with Crippen LogP contribution in [-0.2, 0) is 4.79 Å². The maximum Gasteiger partial charge on any atom is 0.235 e. The minimum atomic E-state index is 0.130. The Kier molecular flexibility index (Phi) is 6.43. The average Bonchev–Trinajstić information content (AvgIpc) is 2.55. The zero-order valence-electron chi connectivity index (χ0n) is 13.4. The number of ether oxygens (including phenoxy) is 2. The average molecular weight is 307 g/mol. The van der Waals surface area contributed by atoms with Crippen LogP contribution in [0.25, 0.3) is 0 Å². The molecule has 1 amide bonds. The summed E-state index contributed by atoms with van der Waals surface area (Å²) in [5.74, 6) is 1.12. The molecule has 122 valence electrons. The number of hydrogen-bond acceptors (Lipinski definition) is 5. The molecule has 2 rings (SSSR count). The van der Waals surface area contributed by atoms with Crippen molar-refractivity contribution in [2.45, 2.75) is 64.0 Å². The number of nitrogens with one attached hydrogen (secondary N) is 1. The van der Waals surface area contributed by atoms with Crippen molar-refractivity contribution in [3.8, 4) is 11.8 Å². The molecule has 0 aromatic carbocycles. The Hall–Kier alpha value is -1.85. The van der Waals surface area contributed by atoms with Crippen molar-refractivity contribution in [1.82, 2.24) is 15.3 Å². The Balaban J connectivity index is 1.73. The highest BCUT2D eigenvalue weighted by atomic mass is 16.5. The summed E-state index contributed by atoms with van der Waals surface area (Å²) in [4.78, 5) is 20.0. The lowest BCUT2D eigenvalue weighted by molar-refractivity contribution is -0.122. The van der Waals surface area contributed by atoms with Crippen molar-refractivity contribution in [2.24, 2.45) is 0 Å². The minimum absolute atomic E-state index is 0.130. The summed E-state index contributed by atoms with van der Waals surface area (Å²) in [6, 6.07) is 0.278. The normalized spacial score (nSPS) is 21.2. The van der Waals surface area contributed by atoms with E-state index in [1.165, 1.54) is 0 Å². The zero-order chi connectivity index (χ0) is 15.8. The first kappa shape index (κ1) is 16.5. The van der Waals surface area contributed by atoms with E-state index in [0.29, 0.717) is 18.2 Å². The molecule has 1 aliphatic rings. The predicted octanol–water partition coefficient (Wildman–Crippen LogP) is 2.48. The molecule has 1 aliphatic carbocycles. The molecular weight excluding hydrogens is 282 g/mol. The van der Waals surface area contributed by atoms with Crippen molar-refractivity contribution in [1.29, 1.82) is 0 Å². The third kappa shape index (κ3) is 5.16. The fraction of sp³-hybridized carbons (Fsp3) is 0.688. The van der Waals surface area contributed by atoms with E-state index in [9.17, 15) is 4.79 Å². The summed E-state index contributed by atoms with van der Waals surface area (Å²) in [6.45, 7) is 2.09. The summed E-state index contributed by atoms with van der Waals surface area (Å²) in [7, 11) is 1.56. The molecule has 0 saturated heterocycles. The topological polar surface area (TPSA) is 73.3 Å². The summed E-state index contributed by atoms with van der Waals surface area (Å²) in [5, 5.41) is 3.11. The first-order chi connectivity index (χ1) is 10.7. The van der Waals surface area contributed by atoms with Gasteiger partial charge in [-0.25, -0.2) is 0 Å². The third-order valence-electron chi connectivity index (χ3n) is 3.88. The second-order valence-corrected chi connectivity index (χ2v) is 5.66. The van der Waals surface area contributed by atoms with Crippen LogP contribution in [-0.4, -0.2) is 35.1 Å². The summed E-state index contributed by atoms with van der Waals surface area (Å²) in [5.41, 5.74) is 0. The maximum absolute atomic E-state index is 11.7. The molecular formula is C16H25N3O3. The number of aromatic nitrogens is 2. The van der Waals surface area contributed by atoms with Crippen LogP contribution in [0.2, 0.25) is 0 Å². The van der Waals surface area contributed by atoms with Crippen LogP contribution in [0.5, 0.6) is 11.8 Å². The molecule has 0 unspecified atom stereocenters. The Morgan fingerprint density at radius 3 is 2.68 bits per heavy atom. The monoisotopic (exact) mass is 307 g/mol. The van der Waals surface area contributed by atoms with Gasteiger partial charge in [-0.3, -0.25) is 9.78 Å². The van der Waals surface area contributed by atoms with Gasteiger partial charge in [-0.2, -0.15) is 4.98 Å². The van der Waals surface area contributed by atoms with Gasteiger partial charge < -0.3 is 14.8 Å². The number of rotatable bonds is 7. The molecule has 6 nitrogen and oxygen atoms in total. The van der Waals surface area contributed by atoms with Crippen LogP contribution in [0, 0.1) is 0 Å². The lowest BCUT2D eigenvalue weighted by Crippen LogP contribution is -2.39. The minimum Gasteiger partial charge on any atom is -0.480 e. The highest BCUT2D eigenvalue weighted by Crippen LogP contribution is 2.23. The zero-order valence-corrected chi connectivity index (χ0v) is 13.4. The molecule has 1 fully saturated rings. The number of methoxy groups -OCH3 is 1. The van der Waals surface area contributed by atoms with Gasteiger partial charge in [-0.05, 0) is 32.1 Å². The Bertz CT molecular complexity index is 473. The van der Waals surface area contributed by atoms with Crippen LogP contribution < -0.4 is 14.8 Å². The second-order valence-electron chi connectivity index (χ2n) is 5.66. The number of unbranched alkanes of at least 4 members (excludes halogenated alkanes) is 1. The molecule has 1 heterocycles. The van der Waals surface area contributed by atoms with Crippen molar-refractivity contribution >= 4 is 5.91 Å². The highest BCUT2D eigenvalue weighted by molar-refractivity contribution is 5.76. The van der Waals surface area contributed by atoms with Gasteiger partial charge in [0.25, 0.3) is 0 Å². The van der Waals surface area contributed by atoms with E-state index in [1.807, 2.05) is 0 Å². The summed E-state index contributed by atoms with van der Waals surface area (Å²) < 4.78 is 10.9. The number of amides is 1. The van der Waals surface area contributed by atoms with Gasteiger partial charge in [-0.15, -0.1) is 0 Å². The molecule has 1 N–H and O–H groups in total. The molecule has 0 spiro atoms. The maximum atomic E-state index is 11.7. The van der Waals surface area contributed by atoms with E-state index >= 15 is 0 Å². The number of carbonyl (C=O) groups is 1. The molecule has 0 radical (unpaired) electrons. The van der Waals surface area contributed by atoms with Crippen LogP contribution >= 0.6 is 0 Å². The van der Waals surface area contributed by atoms with Gasteiger partial charge in [0.15, 0.2) is 0 Å². The molecule has 0 atom stereocenters. The van der Waals surface area contributed by atoms with E-state index in [2.05, 4.69) is 22.2 Å². The molecule has 1 aromatic rings. The lowest BCUT2D eigenvalue weighted by Gasteiger charge is -2.29. The van der Waals surface area contributed by atoms with Crippen LogP contribution in [0.4, 0.5) is 0 Å². The molecule has 0 aliphatic heterocycles. The van der Waals surface area contributed by atoms with Crippen LogP contribution in [0.15, 0.2) is 12.4 Å². The van der Waals surface area contributed by atoms with Crippen molar-refractivity contribution in [2.75, 3.05) is 7.11 Å². The van der Waals surface area contributed by atoms with Crippen molar-refractivity contribution in [3.05, 3.63) is 12.4 Å². The second kappa shape index (κ2) is 8.56. The van der Waals surface area contributed by atoms with Gasteiger partial charge in [0.2, 0.25) is 17.7 Å². The summed E-state index contributed by atoms with van der Waals surface area (Å²) >= 11 is 0. The number of hydrogen-bond donors (Lipinski definition) is 1. The SMILES string of the molecule is CCCCC(=O)NC1CCC(Oc2cncc(OC)n2)CC1. The fourth-order valence-corrected chi connectivity index (χ4v) is 2.62. The molecule has 1 saturated carbocycles. The van der Waals surface area contributed by atoms with Crippen LogP contribution in [0.1, 0.15) is 51.9 Å². The molecule has 0 bridgehead atoms. The van der Waals surface area contributed by atoms with Gasteiger partial charge >= 0.3 is 0 Å². The molecule has 6 heteroatoms. The lowest BCUT2D eigenvalue weighted by atomic mass is 9.93. The van der Waals surface area contributed by atoms with Crippen LogP contribution in [0.3, 0.4) is 0 Å². The molecule has 22 heavy (non-hydrogen) atoms. The summed E-state index contributed by atoms with van der Waals surface area (Å²) in [6.07, 6.45) is 9.64. The smallest absolute Gasteiger partial charge is 0.235 e. The quantitative estimate of drug-likeness (QED) is 0.837. The van der Waals surface area contributed by atoms with Gasteiger partial charge in [0.05, 0.1) is 19.5 Å². The Morgan fingerprint density at radius 2 is 2.00 bits per heavy atom. The van der Waals surface area contributed by atoms with Gasteiger partial charge in [-0.1, -0.05) is 13.3 Å². The Morgan fingerprint density at radius 1 is 1.27 bits per heavy atom. The van der Waals surface area contributed by atoms with E-state index in [4.69, 9.17) is 9.47 Å². The Labute approximate surface area is 131 Å². The van der Waals surface area contributed by atoms with E-state index in [1.54, 1.807) is 19.5 Å². The van der Waals surface area contributed by atoms with E-state index in [0.717, 1.165) is 38.5 Å². The number of nitrogens with zero attached hydrogens (tertiary/aromatic N) is 2. The van der Waals surface area contributed by atoms with Gasteiger partial charge in [0, 0.05) is 12.5 Å². The van der Waals surface area contributed by atoms with Crippen molar-refractivity contribution in [3.63, 3.8) is 0 Å². The highest BCUT2D eigenvalue weighted by Gasteiger charge is 2.23. The number of carbonyl (C=O) groups excluding carboxylic acids is 1.